The van der Waals surface area contributed by atoms with Gasteiger partial charge in [0.15, 0.2) is 0 Å². The molecule has 1 rings (SSSR count). The Kier molecular flexibility index (Phi) is 5.25. The molecular weight excluding hydrogens is 178 g/mol. The summed E-state index contributed by atoms with van der Waals surface area (Å²) in [6.45, 7) is 3.11. The van der Waals surface area contributed by atoms with Crippen molar-refractivity contribution in [3.63, 3.8) is 0 Å². The Hall–Kier alpha value is -0.280. The molecule has 0 aliphatic carbocycles. The number of halogens is 1. The Morgan fingerprint density at radius 2 is 2.17 bits per heavy atom. The summed E-state index contributed by atoms with van der Waals surface area (Å²) in [6.07, 6.45) is 2.03. The van der Waals surface area contributed by atoms with Crippen molar-refractivity contribution in [1.82, 2.24) is 5.32 Å². The number of carbonyl (C=O) groups is 1. The van der Waals surface area contributed by atoms with E-state index in [1.807, 2.05) is 0 Å². The van der Waals surface area contributed by atoms with Gasteiger partial charge in [-0.3, -0.25) is 4.79 Å². The average Bonchev–Trinajstić information content (AvgIpc) is 2.05. The number of hydrogen-bond acceptors (Lipinski definition) is 3. The van der Waals surface area contributed by atoms with Crippen LogP contribution in [0, 0.1) is 5.92 Å². The average molecular weight is 194 g/mol. The van der Waals surface area contributed by atoms with E-state index in [1.165, 1.54) is 7.11 Å². The van der Waals surface area contributed by atoms with Crippen molar-refractivity contribution in [1.29, 1.82) is 0 Å². The molecule has 0 radical (unpaired) electrons. The zero-order valence-corrected chi connectivity index (χ0v) is 8.32. The first-order chi connectivity index (χ1) is 5.24. The molecule has 72 valence electrons. The molecule has 1 N–H and O–H groups in total. The molecule has 1 aliphatic rings. The Labute approximate surface area is 79.3 Å². The third kappa shape index (κ3) is 2.99. The molecule has 1 heterocycles. The van der Waals surface area contributed by atoms with E-state index in [-0.39, 0.29) is 24.4 Å². The minimum atomic E-state index is -0.128. The summed E-state index contributed by atoms with van der Waals surface area (Å²) in [7, 11) is 1.43. The van der Waals surface area contributed by atoms with Gasteiger partial charge in [-0.15, -0.1) is 12.4 Å². The van der Waals surface area contributed by atoms with Crippen LogP contribution in [0.1, 0.15) is 19.8 Å². The summed E-state index contributed by atoms with van der Waals surface area (Å²) in [5.41, 5.74) is 0. The monoisotopic (exact) mass is 193 g/mol. The van der Waals surface area contributed by atoms with Crippen LogP contribution in [0.15, 0.2) is 0 Å². The molecular formula is C8H16ClNO2. The van der Waals surface area contributed by atoms with Gasteiger partial charge in [-0.1, -0.05) is 6.92 Å². The Balaban J connectivity index is 0.00000121. The summed E-state index contributed by atoms with van der Waals surface area (Å²) in [5.74, 6) is 0.563. The number of nitrogens with one attached hydrogen (secondary N) is 1. The van der Waals surface area contributed by atoms with E-state index in [2.05, 4.69) is 17.0 Å². The molecule has 0 saturated carbocycles. The summed E-state index contributed by atoms with van der Waals surface area (Å²) >= 11 is 0. The van der Waals surface area contributed by atoms with Gasteiger partial charge in [0.05, 0.1) is 7.11 Å². The number of hydrogen-bond donors (Lipinski definition) is 1. The van der Waals surface area contributed by atoms with Crippen molar-refractivity contribution in [2.75, 3.05) is 13.7 Å². The van der Waals surface area contributed by atoms with Crippen LogP contribution in [0.25, 0.3) is 0 Å². The zero-order chi connectivity index (χ0) is 8.27. The SMILES string of the molecule is COC(=O)[C@H]1CC[C@H](C)CN1.Cl. The van der Waals surface area contributed by atoms with Gasteiger partial charge in [-0.25, -0.2) is 0 Å². The molecule has 0 spiro atoms. The number of carbonyl (C=O) groups excluding carboxylic acids is 1. The second-order valence-electron chi connectivity index (χ2n) is 3.17. The molecule has 3 nitrogen and oxygen atoms in total. The van der Waals surface area contributed by atoms with Crippen LogP contribution in [0.3, 0.4) is 0 Å². The van der Waals surface area contributed by atoms with E-state index < -0.39 is 0 Å². The van der Waals surface area contributed by atoms with Crippen molar-refractivity contribution in [2.45, 2.75) is 25.8 Å². The topological polar surface area (TPSA) is 38.3 Å². The highest BCUT2D eigenvalue weighted by Gasteiger charge is 2.23. The molecule has 1 aliphatic heterocycles. The Morgan fingerprint density at radius 3 is 2.58 bits per heavy atom. The molecule has 0 aromatic carbocycles. The molecule has 2 atom stereocenters. The molecule has 1 saturated heterocycles. The van der Waals surface area contributed by atoms with Crippen molar-refractivity contribution in [3.05, 3.63) is 0 Å². The fourth-order valence-corrected chi connectivity index (χ4v) is 1.34. The van der Waals surface area contributed by atoms with Gasteiger partial charge in [0.25, 0.3) is 0 Å². The van der Waals surface area contributed by atoms with Gasteiger partial charge in [-0.2, -0.15) is 0 Å². The van der Waals surface area contributed by atoms with E-state index in [0.29, 0.717) is 5.92 Å². The van der Waals surface area contributed by atoms with Crippen molar-refractivity contribution >= 4 is 18.4 Å². The van der Waals surface area contributed by atoms with Gasteiger partial charge in [0, 0.05) is 0 Å². The number of methoxy groups -OCH3 is 1. The third-order valence-electron chi connectivity index (χ3n) is 2.15. The van der Waals surface area contributed by atoms with Gasteiger partial charge < -0.3 is 10.1 Å². The van der Waals surface area contributed by atoms with Crippen LogP contribution in [0.4, 0.5) is 0 Å². The van der Waals surface area contributed by atoms with Crippen LogP contribution in [-0.2, 0) is 9.53 Å². The molecule has 0 aromatic heterocycles. The molecule has 12 heavy (non-hydrogen) atoms. The van der Waals surface area contributed by atoms with Crippen molar-refractivity contribution in [3.8, 4) is 0 Å². The minimum Gasteiger partial charge on any atom is -0.468 e. The molecule has 0 bridgehead atoms. The second-order valence-corrected chi connectivity index (χ2v) is 3.17. The fourth-order valence-electron chi connectivity index (χ4n) is 1.34. The Morgan fingerprint density at radius 1 is 1.50 bits per heavy atom. The number of ether oxygens (including phenoxy) is 1. The van der Waals surface area contributed by atoms with E-state index in [9.17, 15) is 4.79 Å². The smallest absolute Gasteiger partial charge is 0.322 e. The standard InChI is InChI=1S/C8H15NO2.ClH/c1-6-3-4-7(9-5-6)8(10)11-2;/h6-7,9H,3-5H2,1-2H3;1H/t6-,7+;/m0./s1. The second kappa shape index (κ2) is 5.38. The normalized spacial score (nSPS) is 28.8. The lowest BCUT2D eigenvalue weighted by molar-refractivity contribution is -0.143. The van der Waals surface area contributed by atoms with Gasteiger partial charge in [0.1, 0.15) is 6.04 Å². The predicted octanol–water partition coefficient (Wildman–Crippen LogP) is 0.969. The van der Waals surface area contributed by atoms with E-state index >= 15 is 0 Å². The quantitative estimate of drug-likeness (QED) is 0.631. The van der Waals surface area contributed by atoms with Gasteiger partial charge in [-0.05, 0) is 25.3 Å². The van der Waals surface area contributed by atoms with E-state index in [0.717, 1.165) is 19.4 Å². The summed E-state index contributed by atoms with van der Waals surface area (Å²) in [6, 6.07) is -0.0591. The molecule has 4 heteroatoms. The van der Waals surface area contributed by atoms with Gasteiger partial charge in [0.2, 0.25) is 0 Å². The highest BCUT2D eigenvalue weighted by Crippen LogP contribution is 2.13. The maximum absolute atomic E-state index is 11.0. The molecule has 0 amide bonds. The highest BCUT2D eigenvalue weighted by molar-refractivity contribution is 5.85. The summed E-state index contributed by atoms with van der Waals surface area (Å²) in [4.78, 5) is 11.0. The largest absolute Gasteiger partial charge is 0.468 e. The van der Waals surface area contributed by atoms with Crippen LogP contribution in [-0.4, -0.2) is 25.7 Å². The van der Waals surface area contributed by atoms with Crippen molar-refractivity contribution in [2.24, 2.45) is 5.92 Å². The maximum atomic E-state index is 11.0. The van der Waals surface area contributed by atoms with Crippen molar-refractivity contribution < 1.29 is 9.53 Å². The van der Waals surface area contributed by atoms with E-state index in [4.69, 9.17) is 0 Å². The summed E-state index contributed by atoms with van der Waals surface area (Å²) < 4.78 is 4.62. The van der Waals surface area contributed by atoms with Crippen LogP contribution in [0.2, 0.25) is 0 Å². The first kappa shape index (κ1) is 11.7. The fraction of sp³-hybridized carbons (Fsp3) is 0.875. The maximum Gasteiger partial charge on any atom is 0.322 e. The number of piperidine rings is 1. The number of esters is 1. The van der Waals surface area contributed by atoms with E-state index in [1.54, 1.807) is 0 Å². The number of rotatable bonds is 1. The predicted molar refractivity (Wildman–Crippen MR) is 49.5 cm³/mol. The first-order valence-electron chi connectivity index (χ1n) is 4.05. The first-order valence-corrected chi connectivity index (χ1v) is 4.05. The molecule has 1 fully saturated rings. The van der Waals surface area contributed by atoms with Crippen LogP contribution >= 0.6 is 12.4 Å². The van der Waals surface area contributed by atoms with Crippen LogP contribution < -0.4 is 5.32 Å². The molecule has 0 aromatic rings. The van der Waals surface area contributed by atoms with Gasteiger partial charge >= 0.3 is 5.97 Å². The lowest BCUT2D eigenvalue weighted by Gasteiger charge is -2.25. The summed E-state index contributed by atoms with van der Waals surface area (Å²) in [5, 5.41) is 3.14. The third-order valence-corrected chi connectivity index (χ3v) is 2.15. The Bertz CT molecular complexity index is 144. The minimum absolute atomic E-state index is 0. The van der Waals surface area contributed by atoms with Crippen LogP contribution in [0.5, 0.6) is 0 Å². The zero-order valence-electron chi connectivity index (χ0n) is 7.50. The lowest BCUT2D eigenvalue weighted by Crippen LogP contribution is -2.43. The highest BCUT2D eigenvalue weighted by atomic mass is 35.5. The molecule has 0 unspecified atom stereocenters. The lowest BCUT2D eigenvalue weighted by atomic mass is 9.97.